The van der Waals surface area contributed by atoms with Gasteiger partial charge < -0.3 is 10.1 Å². The number of nitrogens with zero attached hydrogens (tertiary/aromatic N) is 4. The third-order valence-corrected chi connectivity index (χ3v) is 2.76. The van der Waals surface area contributed by atoms with Crippen molar-refractivity contribution in [2.45, 2.75) is 32.5 Å². The second-order valence-electron chi connectivity index (χ2n) is 5.67. The summed E-state index contributed by atoms with van der Waals surface area (Å²) in [6, 6.07) is 0. The van der Waals surface area contributed by atoms with E-state index < -0.39 is 28.6 Å². The summed E-state index contributed by atoms with van der Waals surface area (Å²) in [6.07, 6.45) is -2.24. The van der Waals surface area contributed by atoms with Gasteiger partial charge in [-0.25, -0.2) is 14.8 Å². The van der Waals surface area contributed by atoms with Gasteiger partial charge in [-0.3, -0.25) is 0 Å². The van der Waals surface area contributed by atoms with Crippen LogP contribution < -0.4 is 5.32 Å². The van der Waals surface area contributed by atoms with E-state index in [0.717, 1.165) is 4.68 Å². The standard InChI is InChI=1S/C13H13ClF3N5O2/c1-12(2,3)24-11(23)22-6-7(4-19-22)20-10-18-5-8(9(14)21-10)13(15,16)17/h4-6H,1-3H3,(H,18,20,21). The van der Waals surface area contributed by atoms with E-state index in [2.05, 4.69) is 20.4 Å². The van der Waals surface area contributed by atoms with E-state index in [0.29, 0.717) is 6.20 Å². The number of hydrogen-bond donors (Lipinski definition) is 1. The molecule has 0 aliphatic heterocycles. The minimum Gasteiger partial charge on any atom is -0.442 e. The van der Waals surface area contributed by atoms with E-state index in [-0.39, 0.29) is 11.6 Å². The van der Waals surface area contributed by atoms with Gasteiger partial charge in [0.05, 0.1) is 18.1 Å². The molecular weight excluding hydrogens is 351 g/mol. The molecule has 24 heavy (non-hydrogen) atoms. The lowest BCUT2D eigenvalue weighted by atomic mass is 10.2. The number of halogens is 4. The number of rotatable bonds is 2. The van der Waals surface area contributed by atoms with Gasteiger partial charge in [0.1, 0.15) is 16.3 Å². The van der Waals surface area contributed by atoms with Crippen LogP contribution in [-0.2, 0) is 10.9 Å². The molecule has 2 heterocycles. The van der Waals surface area contributed by atoms with E-state index in [9.17, 15) is 18.0 Å². The Morgan fingerprint density at radius 1 is 1.29 bits per heavy atom. The molecule has 0 amide bonds. The van der Waals surface area contributed by atoms with Crippen molar-refractivity contribution >= 4 is 29.3 Å². The van der Waals surface area contributed by atoms with E-state index in [1.165, 1.54) is 12.4 Å². The first-order valence-corrected chi connectivity index (χ1v) is 6.98. The molecule has 0 saturated carbocycles. The number of aromatic nitrogens is 4. The molecule has 0 radical (unpaired) electrons. The molecule has 2 aromatic heterocycles. The van der Waals surface area contributed by atoms with Crippen molar-refractivity contribution in [3.8, 4) is 0 Å². The Morgan fingerprint density at radius 2 is 1.96 bits per heavy atom. The maximum absolute atomic E-state index is 12.6. The predicted octanol–water partition coefficient (Wildman–Crippen LogP) is 3.87. The zero-order valence-electron chi connectivity index (χ0n) is 12.8. The number of alkyl halides is 3. The van der Waals surface area contributed by atoms with Crippen LogP contribution >= 0.6 is 11.6 Å². The van der Waals surface area contributed by atoms with Gasteiger partial charge in [-0.1, -0.05) is 11.6 Å². The molecule has 2 rings (SSSR count). The first-order chi connectivity index (χ1) is 11.0. The van der Waals surface area contributed by atoms with Crippen molar-refractivity contribution in [1.29, 1.82) is 0 Å². The Bertz CT molecular complexity index is 755. The van der Waals surface area contributed by atoms with Gasteiger partial charge in [-0.2, -0.15) is 23.0 Å². The molecule has 130 valence electrons. The van der Waals surface area contributed by atoms with Crippen LogP contribution in [0.4, 0.5) is 29.6 Å². The molecule has 0 aromatic carbocycles. The summed E-state index contributed by atoms with van der Waals surface area (Å²) < 4.78 is 43.8. The van der Waals surface area contributed by atoms with Gasteiger partial charge in [0.2, 0.25) is 5.95 Å². The van der Waals surface area contributed by atoms with Gasteiger partial charge >= 0.3 is 12.3 Å². The van der Waals surface area contributed by atoms with Crippen molar-refractivity contribution in [2.24, 2.45) is 0 Å². The largest absolute Gasteiger partial charge is 0.442 e. The number of ether oxygens (including phenoxy) is 1. The summed E-state index contributed by atoms with van der Waals surface area (Å²) in [5, 5.41) is 5.65. The predicted molar refractivity (Wildman–Crippen MR) is 79.2 cm³/mol. The van der Waals surface area contributed by atoms with E-state index in [4.69, 9.17) is 16.3 Å². The van der Waals surface area contributed by atoms with E-state index in [1.54, 1.807) is 20.8 Å². The molecule has 0 aliphatic carbocycles. The number of carbonyl (C=O) groups excluding carboxylic acids is 1. The van der Waals surface area contributed by atoms with Crippen molar-refractivity contribution < 1.29 is 22.7 Å². The summed E-state index contributed by atoms with van der Waals surface area (Å²) in [4.78, 5) is 18.9. The Labute approximate surface area is 139 Å². The maximum atomic E-state index is 12.6. The Morgan fingerprint density at radius 3 is 2.50 bits per heavy atom. The monoisotopic (exact) mass is 363 g/mol. The number of anilines is 2. The zero-order chi connectivity index (χ0) is 18.1. The second kappa shape index (κ2) is 6.27. The average Bonchev–Trinajstić information content (AvgIpc) is 2.83. The third kappa shape index (κ3) is 4.57. The number of hydrogen-bond acceptors (Lipinski definition) is 6. The van der Waals surface area contributed by atoms with Crippen molar-refractivity contribution in [3.63, 3.8) is 0 Å². The topological polar surface area (TPSA) is 81.9 Å². The summed E-state index contributed by atoms with van der Waals surface area (Å²) in [5.41, 5.74) is -1.56. The minimum absolute atomic E-state index is 0.170. The first kappa shape index (κ1) is 18.0. The lowest BCUT2D eigenvalue weighted by molar-refractivity contribution is -0.137. The lowest BCUT2D eigenvalue weighted by Crippen LogP contribution is -2.27. The van der Waals surface area contributed by atoms with Crippen LogP contribution in [-0.4, -0.2) is 31.4 Å². The van der Waals surface area contributed by atoms with Gasteiger partial charge in [0.25, 0.3) is 0 Å². The SMILES string of the molecule is CC(C)(C)OC(=O)n1cc(Nc2ncc(C(F)(F)F)c(Cl)n2)cn1. The normalized spacial score (nSPS) is 12.1. The van der Waals surface area contributed by atoms with E-state index >= 15 is 0 Å². The molecule has 0 spiro atoms. The third-order valence-electron chi connectivity index (χ3n) is 2.47. The van der Waals surface area contributed by atoms with Crippen LogP contribution in [0.15, 0.2) is 18.6 Å². The molecule has 0 fully saturated rings. The van der Waals surface area contributed by atoms with Gasteiger partial charge in [-0.15, -0.1) is 0 Å². The summed E-state index contributed by atoms with van der Waals surface area (Å²) >= 11 is 5.50. The summed E-state index contributed by atoms with van der Waals surface area (Å²) in [5.74, 6) is -0.170. The highest BCUT2D eigenvalue weighted by atomic mass is 35.5. The van der Waals surface area contributed by atoms with Crippen molar-refractivity contribution in [1.82, 2.24) is 19.7 Å². The molecule has 0 aliphatic rings. The number of nitrogens with one attached hydrogen (secondary N) is 1. The summed E-state index contributed by atoms with van der Waals surface area (Å²) in [6.45, 7) is 5.10. The molecule has 11 heteroatoms. The molecule has 7 nitrogen and oxygen atoms in total. The van der Waals surface area contributed by atoms with Crippen LogP contribution in [0.2, 0.25) is 5.15 Å². The molecule has 0 saturated heterocycles. The highest BCUT2D eigenvalue weighted by molar-refractivity contribution is 6.30. The zero-order valence-corrected chi connectivity index (χ0v) is 13.6. The van der Waals surface area contributed by atoms with Gasteiger partial charge in [0, 0.05) is 6.20 Å². The maximum Gasteiger partial charge on any atom is 0.435 e. The van der Waals surface area contributed by atoms with Crippen LogP contribution in [0.3, 0.4) is 0 Å². The summed E-state index contributed by atoms with van der Waals surface area (Å²) in [7, 11) is 0. The first-order valence-electron chi connectivity index (χ1n) is 6.60. The van der Waals surface area contributed by atoms with Crippen molar-refractivity contribution in [3.05, 3.63) is 29.3 Å². The lowest BCUT2D eigenvalue weighted by Gasteiger charge is -2.18. The quantitative estimate of drug-likeness (QED) is 0.815. The molecule has 0 atom stereocenters. The molecule has 2 aromatic rings. The highest BCUT2D eigenvalue weighted by Crippen LogP contribution is 2.33. The van der Waals surface area contributed by atoms with Crippen LogP contribution in [0.5, 0.6) is 0 Å². The van der Waals surface area contributed by atoms with Crippen LogP contribution in [0, 0.1) is 0 Å². The van der Waals surface area contributed by atoms with Crippen molar-refractivity contribution in [2.75, 3.05) is 5.32 Å². The fourth-order valence-electron chi connectivity index (χ4n) is 1.54. The van der Waals surface area contributed by atoms with Gasteiger partial charge in [-0.05, 0) is 20.8 Å². The molecule has 0 bridgehead atoms. The fraction of sp³-hybridized carbons (Fsp3) is 0.385. The second-order valence-corrected chi connectivity index (χ2v) is 6.03. The molecule has 1 N–H and O–H groups in total. The van der Waals surface area contributed by atoms with Crippen LogP contribution in [0.1, 0.15) is 26.3 Å². The van der Waals surface area contributed by atoms with E-state index in [1.807, 2.05) is 0 Å². The Balaban J connectivity index is 2.13. The van der Waals surface area contributed by atoms with Gasteiger partial charge in [0.15, 0.2) is 0 Å². The average molecular weight is 364 g/mol. The Hall–Kier alpha value is -2.36. The minimum atomic E-state index is -4.64. The Kier molecular flexibility index (Phi) is 4.70. The molecule has 0 unspecified atom stereocenters. The smallest absolute Gasteiger partial charge is 0.435 e. The van der Waals surface area contributed by atoms with Crippen LogP contribution in [0.25, 0.3) is 0 Å². The molecular formula is C13H13ClF3N5O2. The number of carbonyl (C=O) groups is 1. The highest BCUT2D eigenvalue weighted by Gasteiger charge is 2.34. The fourth-order valence-corrected chi connectivity index (χ4v) is 1.77.